The number of aryl methyl sites for hydroxylation is 1. The van der Waals surface area contributed by atoms with Crippen LogP contribution in [0.25, 0.3) is 33.5 Å². The molecule has 5 aromatic carbocycles. The second-order valence-electron chi connectivity index (χ2n) is 41.2. The molecule has 1 unspecified atom stereocenters. The van der Waals surface area contributed by atoms with E-state index in [0.29, 0.717) is 124 Å². The van der Waals surface area contributed by atoms with Crippen LogP contribution in [0.5, 0.6) is 5.75 Å². The van der Waals surface area contributed by atoms with Gasteiger partial charge in [0, 0.05) is 104 Å². The minimum absolute atomic E-state index is 0.0700. The number of benzene rings is 5. The van der Waals surface area contributed by atoms with Gasteiger partial charge in [0.2, 0.25) is 59.1 Å². The summed E-state index contributed by atoms with van der Waals surface area (Å²) in [6.07, 6.45) is 29.7. The fourth-order valence-electron chi connectivity index (χ4n) is 21.7. The van der Waals surface area contributed by atoms with Crippen LogP contribution in [0.2, 0.25) is 0 Å². The summed E-state index contributed by atoms with van der Waals surface area (Å²) >= 11 is 1.13. The average Bonchev–Trinajstić information content (AvgIpc) is 1.62. The van der Waals surface area contributed by atoms with Gasteiger partial charge in [-0.3, -0.25) is 57.3 Å². The van der Waals surface area contributed by atoms with Gasteiger partial charge in [-0.05, 0) is 213 Å². The van der Waals surface area contributed by atoms with E-state index in [4.69, 9.17) is 18.9 Å². The third kappa shape index (κ3) is 30.8. The molecule has 7 fully saturated rings. The van der Waals surface area contributed by atoms with Crippen LogP contribution in [-0.2, 0) is 88.1 Å². The summed E-state index contributed by atoms with van der Waals surface area (Å²) < 4.78 is 42.8. The fourth-order valence-corrected chi connectivity index (χ4v) is 22.3. The van der Waals surface area contributed by atoms with Gasteiger partial charge in [-0.15, -0.1) is 5.10 Å². The number of anilines is 3. The highest BCUT2D eigenvalue weighted by Gasteiger charge is 2.47. The summed E-state index contributed by atoms with van der Waals surface area (Å²) in [5.41, 5.74) is 6.72. The number of likely N-dealkylation sites (tertiary alicyclic amines) is 4. The molecule has 4 aliphatic heterocycles. The van der Waals surface area contributed by atoms with E-state index in [1.807, 2.05) is 137 Å². The number of hydrogen-bond acceptors (Lipinski definition) is 21. The number of hydrogen-bond donors (Lipinski definition) is 8. The Labute approximate surface area is 875 Å². The molecule has 10 amide bonds. The van der Waals surface area contributed by atoms with Gasteiger partial charge in [0.1, 0.15) is 70.5 Å². The highest BCUT2D eigenvalue weighted by atomic mass is 32.1. The highest BCUT2D eigenvalue weighted by molar-refractivity contribution is 7.10. The molecule has 16 rings (SSSR count). The van der Waals surface area contributed by atoms with Gasteiger partial charge < -0.3 is 85.6 Å². The fraction of sp³-hybridized carbons (Fsp3) is 0.579. The predicted octanol–water partition coefficient (Wildman–Crippen LogP) is 15.7. The molecule has 12 atom stereocenters. The molecule has 0 spiro atoms. The lowest BCUT2D eigenvalue weighted by atomic mass is 9.83. The number of ether oxygens (including phenoxy) is 4. The molecule has 32 nitrogen and oxygen atoms in total. The molecule has 8 aromatic rings. The topological polar surface area (TPSA) is 382 Å². The Morgan fingerprint density at radius 2 is 1.06 bits per heavy atom. The van der Waals surface area contributed by atoms with Gasteiger partial charge in [-0.2, -0.15) is 0 Å². The molecule has 34 heteroatoms. The number of halogens is 1. The van der Waals surface area contributed by atoms with Crippen LogP contribution < -0.4 is 52.8 Å². The zero-order chi connectivity index (χ0) is 105. The molecule has 7 heterocycles. The molecule has 4 aliphatic carbocycles. The quantitative estimate of drug-likeness (QED) is 0.0165. The Hall–Kier alpha value is -11.7. The summed E-state index contributed by atoms with van der Waals surface area (Å²) in [6, 6.07) is 36.8. The summed E-state index contributed by atoms with van der Waals surface area (Å²) in [4.78, 5) is 159. The number of amides is 10. The van der Waals surface area contributed by atoms with E-state index in [1.54, 1.807) is 50.3 Å². The van der Waals surface area contributed by atoms with E-state index < -0.39 is 35.8 Å². The van der Waals surface area contributed by atoms with Gasteiger partial charge in [-0.25, -0.2) is 9.37 Å². The lowest BCUT2D eigenvalue weighted by Gasteiger charge is -2.41. The monoisotopic (exact) mass is 2060 g/mol. The van der Waals surface area contributed by atoms with E-state index in [-0.39, 0.29) is 131 Å². The summed E-state index contributed by atoms with van der Waals surface area (Å²) in [7, 11) is 5.10. The number of nitrogens with zero attached hydrogens (tertiary/aromatic N) is 9. The molecule has 8 N–H and O–H groups in total. The number of fused-ring (bicyclic) bond motifs is 3. The molecule has 3 aromatic heterocycles. The van der Waals surface area contributed by atoms with Crippen molar-refractivity contribution in [2.45, 2.75) is 290 Å². The molecule has 4 saturated heterocycles. The van der Waals surface area contributed by atoms with Gasteiger partial charge in [0.05, 0.1) is 69.6 Å². The molecule has 802 valence electrons. The lowest BCUT2D eigenvalue weighted by molar-refractivity contribution is -0.142. The third-order valence-electron chi connectivity index (χ3n) is 31.3. The molecule has 0 bridgehead atoms. The normalized spacial score (nSPS) is 19.9. The first-order chi connectivity index (χ1) is 71.8. The van der Waals surface area contributed by atoms with Crippen molar-refractivity contribution in [1.29, 1.82) is 0 Å². The number of aromatic nitrogens is 5. The van der Waals surface area contributed by atoms with Crippen molar-refractivity contribution in [3.63, 3.8) is 0 Å². The first-order valence-electron chi connectivity index (χ1n) is 54.4. The van der Waals surface area contributed by atoms with Crippen molar-refractivity contribution in [1.82, 2.24) is 69.9 Å². The lowest BCUT2D eigenvalue weighted by Crippen LogP contribution is -2.58. The molecule has 148 heavy (non-hydrogen) atoms. The van der Waals surface area contributed by atoms with Crippen molar-refractivity contribution < 1.29 is 71.3 Å². The van der Waals surface area contributed by atoms with Crippen molar-refractivity contribution in [3.8, 4) is 28.4 Å². The van der Waals surface area contributed by atoms with Gasteiger partial charge in [0.25, 0.3) is 5.56 Å². The van der Waals surface area contributed by atoms with Crippen LogP contribution >= 0.6 is 11.5 Å². The third-order valence-corrected chi connectivity index (χ3v) is 32.0. The zero-order valence-electron chi connectivity index (χ0n) is 88.4. The van der Waals surface area contributed by atoms with Crippen LogP contribution in [0.15, 0.2) is 145 Å². The van der Waals surface area contributed by atoms with E-state index in [1.165, 1.54) is 40.4 Å². The van der Waals surface area contributed by atoms with Crippen LogP contribution in [-0.4, -0.2) is 238 Å². The Kier molecular flexibility index (Phi) is 44.0. The van der Waals surface area contributed by atoms with E-state index in [2.05, 4.69) is 85.1 Å². The second-order valence-corrected chi connectivity index (χ2v) is 41.9. The summed E-state index contributed by atoms with van der Waals surface area (Å²) in [5.74, 6) is -0.104. The molecule has 3 saturated carbocycles. The summed E-state index contributed by atoms with van der Waals surface area (Å²) in [5, 5.41) is 29.6. The molecule has 8 aliphatic rings. The largest absolute Gasteiger partial charge is 0.497 e. The van der Waals surface area contributed by atoms with Crippen LogP contribution in [0.4, 0.5) is 20.8 Å². The van der Waals surface area contributed by atoms with Crippen LogP contribution in [0.1, 0.15) is 238 Å². The SMILES string of the molecule is CC[C@@H](C)C(=O)N[C@H](C(=O)N1CCC[C@H]1C(=O)Nc1cn(CCOCCOCCOC)c2cc(F)ccc12)C1CCCCC1.CC[C@@H](C)C(=O)N[C@H](C(=O)N1CCC[C@H]1C(=O)Nc1snnc1-c1ccccc1)C1CCCCC1.CC[C@@H](C)C(=O)Nc1cnc(-c2ccccc2)n(CC(=O)NC2CCCc3ccccc32)c1=O.CN[C@@H](C)C(=O)N[C@H](C(=O)N1CC[C@H]2CCN(CCc3ccc(OC)cc3)C[C@H]21)C1CCCCC1. The number of methoxy groups -OCH3 is 2. The van der Waals surface area contributed by atoms with Crippen LogP contribution in [0, 0.1) is 47.2 Å². The van der Waals surface area contributed by atoms with Crippen molar-refractivity contribution >= 4 is 97.9 Å². The Morgan fingerprint density at radius 3 is 1.64 bits per heavy atom. The van der Waals surface area contributed by atoms with E-state index in [9.17, 15) is 57.1 Å². The first kappa shape index (κ1) is 113. The number of carbonyl (C=O) groups excluding carboxylic acids is 10. The standard InChI is InChI=1S/C33H49FN4O6.C28H44N4O3.C27H30N4O3.C26H35N5O3S/c1-4-23(2)31(39)36-30(24-9-6-5-7-10-24)33(41)38-14-8-11-28(38)32(40)35-27-22-37(29-21-25(34)12-13-26(27)29)15-16-43-19-20-44-18-17-42-3;1-20(29-2)27(33)30-26(23-7-5-4-6-8-23)28(34)32-18-15-22-14-17-31(19-25(22)32)16-13-21-9-11-24(35-3)12-10-21;1-3-18(2)26(33)30-23-16-28-25(20-11-5-4-6-12-20)31(27(23)34)17-24(32)29-22-15-9-13-19-10-7-8-14-21(19)22;1-3-17(2)23(32)27-22(19-13-8-5-9-14-19)26(34)31-16-10-15-20(31)24(33)28-25-21(29-30-35-25)18-11-6-4-7-12-18/h12-13,21-24,28,30H,4-11,14-20H2,1-3H3,(H,35,40)(H,36,39);9-12,20,22-23,25-26,29H,4-8,13-19H2,1-3H3,(H,30,33);4-8,10-12,14,16,18,22H,3,9,13,15,17H2,1-2H3,(H,29,32)(H,30,33);4,6-7,11-12,17,19-20,22H,3,5,8-10,13-16H2,1-2H3,(H,27,32)(H,28,33)/t23-,28+,30+;20-,22+,25+,26-;18-,22?;17-,20+,22+/m1011/s1. The van der Waals surface area contributed by atoms with Gasteiger partial charge >= 0.3 is 0 Å². The Balaban J connectivity index is 0.000000166. The van der Waals surface area contributed by atoms with Gasteiger partial charge in [-0.1, -0.05) is 201 Å². The Morgan fingerprint density at radius 1 is 0.520 bits per heavy atom. The maximum Gasteiger partial charge on any atom is 0.278 e. The van der Waals surface area contributed by atoms with Gasteiger partial charge in [0.15, 0.2) is 0 Å². The smallest absolute Gasteiger partial charge is 0.278 e. The molecular formula is C114H158FN17O15S. The number of carbonyl (C=O) groups is 10. The van der Waals surface area contributed by atoms with Crippen molar-refractivity contribution in [2.75, 3.05) is 110 Å². The number of rotatable bonds is 40. The maximum absolute atomic E-state index is 14.2. The number of likely N-dealkylation sites (N-methyl/N-ethyl adjacent to an activating group) is 1. The maximum atomic E-state index is 14.2. The number of nitrogens with one attached hydrogen (secondary N) is 8. The minimum Gasteiger partial charge on any atom is -0.497 e. The molecular weight excluding hydrogens is 1900 g/mol. The minimum atomic E-state index is -0.644. The number of piperidine rings is 1. The Bertz CT molecular complexity index is 5710. The van der Waals surface area contributed by atoms with E-state index >= 15 is 0 Å². The van der Waals surface area contributed by atoms with E-state index in [0.717, 1.165) is 201 Å². The van der Waals surface area contributed by atoms with Crippen LogP contribution in [0.3, 0.4) is 0 Å². The first-order valence-corrected chi connectivity index (χ1v) is 55.2. The average molecular weight is 2060 g/mol. The second kappa shape index (κ2) is 57.3. The van der Waals surface area contributed by atoms with Crippen molar-refractivity contribution in [2.24, 2.45) is 41.4 Å². The highest BCUT2D eigenvalue weighted by Crippen LogP contribution is 2.40. The summed E-state index contributed by atoms with van der Waals surface area (Å²) in [6.45, 7) is 20.7. The predicted molar refractivity (Wildman–Crippen MR) is 574 cm³/mol. The van der Waals surface area contributed by atoms with Crippen molar-refractivity contribution in [3.05, 3.63) is 173 Å². The zero-order valence-corrected chi connectivity index (χ0v) is 89.2. The molecule has 0 radical (unpaired) electrons.